The average molecular weight is 456 g/mol. The maximum atomic E-state index is 11.8. The van der Waals surface area contributed by atoms with E-state index in [9.17, 15) is 4.79 Å². The van der Waals surface area contributed by atoms with Crippen LogP contribution in [0.1, 0.15) is 19.3 Å². The maximum absolute atomic E-state index is 11.8. The summed E-state index contributed by atoms with van der Waals surface area (Å²) in [7, 11) is 0. The third-order valence-corrected chi connectivity index (χ3v) is 6.41. The zero-order chi connectivity index (χ0) is 23.1. The summed E-state index contributed by atoms with van der Waals surface area (Å²) in [5.74, 6) is 1.79. The Labute approximate surface area is 196 Å². The van der Waals surface area contributed by atoms with Gasteiger partial charge in [-0.25, -0.2) is 15.0 Å². The number of carbonyl (C=O) groups excluding carboxylic acids is 1. The largest absolute Gasteiger partial charge is 0.472 e. The second-order valence-corrected chi connectivity index (χ2v) is 8.93. The SMILES string of the molecule is C=CC(=O)N1CC[C@H](Oc2ccc3ncnc(Nc4ccc5c(cnn5CC5CC5)c4)c3n2)C1. The molecule has 1 saturated carbocycles. The second kappa shape index (κ2) is 8.40. The van der Waals surface area contributed by atoms with Gasteiger partial charge in [-0.2, -0.15) is 5.10 Å². The van der Waals surface area contributed by atoms with Crippen LogP contribution in [0.4, 0.5) is 11.5 Å². The fourth-order valence-electron chi connectivity index (χ4n) is 4.40. The minimum Gasteiger partial charge on any atom is -0.472 e. The van der Waals surface area contributed by atoms with E-state index in [1.165, 1.54) is 25.2 Å². The number of likely N-dealkylation sites (tertiary alicyclic amines) is 1. The van der Waals surface area contributed by atoms with Gasteiger partial charge in [-0.15, -0.1) is 0 Å². The highest BCUT2D eigenvalue weighted by atomic mass is 16.5. The van der Waals surface area contributed by atoms with Gasteiger partial charge in [0.05, 0.1) is 23.8 Å². The molecule has 9 nitrogen and oxygen atoms in total. The Kier molecular flexibility index (Phi) is 5.09. The smallest absolute Gasteiger partial charge is 0.246 e. The number of ether oxygens (including phenoxy) is 1. The van der Waals surface area contributed by atoms with E-state index in [-0.39, 0.29) is 12.0 Å². The zero-order valence-electron chi connectivity index (χ0n) is 18.7. The van der Waals surface area contributed by atoms with E-state index in [1.54, 1.807) is 11.0 Å². The molecule has 1 amide bonds. The molecule has 1 saturated heterocycles. The Bertz CT molecular complexity index is 1390. The van der Waals surface area contributed by atoms with Crippen molar-refractivity contribution in [2.75, 3.05) is 18.4 Å². The van der Waals surface area contributed by atoms with E-state index in [0.29, 0.717) is 30.3 Å². The number of pyridine rings is 1. The number of fused-ring (bicyclic) bond motifs is 2. The van der Waals surface area contributed by atoms with Crippen LogP contribution < -0.4 is 10.1 Å². The second-order valence-electron chi connectivity index (χ2n) is 8.93. The van der Waals surface area contributed by atoms with E-state index in [0.717, 1.165) is 41.0 Å². The van der Waals surface area contributed by atoms with Crippen molar-refractivity contribution in [3.63, 3.8) is 0 Å². The summed E-state index contributed by atoms with van der Waals surface area (Å²) in [6.45, 7) is 5.72. The number of hydrogen-bond acceptors (Lipinski definition) is 7. The molecule has 0 bridgehead atoms. The highest BCUT2D eigenvalue weighted by Gasteiger charge is 2.27. The molecule has 6 rings (SSSR count). The summed E-state index contributed by atoms with van der Waals surface area (Å²) in [5, 5.41) is 9.03. The maximum Gasteiger partial charge on any atom is 0.246 e. The predicted molar refractivity (Wildman–Crippen MR) is 129 cm³/mol. The lowest BCUT2D eigenvalue weighted by molar-refractivity contribution is -0.125. The molecule has 1 aliphatic carbocycles. The van der Waals surface area contributed by atoms with Gasteiger partial charge < -0.3 is 15.0 Å². The van der Waals surface area contributed by atoms with Crippen molar-refractivity contribution in [1.29, 1.82) is 0 Å². The monoisotopic (exact) mass is 455 g/mol. The highest BCUT2D eigenvalue weighted by molar-refractivity contribution is 5.89. The van der Waals surface area contributed by atoms with Crippen molar-refractivity contribution in [1.82, 2.24) is 29.6 Å². The summed E-state index contributed by atoms with van der Waals surface area (Å²) < 4.78 is 8.17. The number of nitrogens with one attached hydrogen (secondary N) is 1. The summed E-state index contributed by atoms with van der Waals surface area (Å²) in [6, 6.07) is 9.87. The van der Waals surface area contributed by atoms with Crippen LogP contribution in [-0.2, 0) is 11.3 Å². The van der Waals surface area contributed by atoms with E-state index < -0.39 is 0 Å². The molecule has 1 aromatic carbocycles. The van der Waals surface area contributed by atoms with Crippen LogP contribution in [0, 0.1) is 5.92 Å². The minimum absolute atomic E-state index is 0.0764. The first kappa shape index (κ1) is 20.6. The van der Waals surface area contributed by atoms with Crippen LogP contribution in [-0.4, -0.2) is 54.7 Å². The van der Waals surface area contributed by atoms with Gasteiger partial charge in [0.2, 0.25) is 11.8 Å². The van der Waals surface area contributed by atoms with Crippen LogP contribution in [0.2, 0.25) is 0 Å². The Morgan fingerprint density at radius 2 is 2.12 bits per heavy atom. The van der Waals surface area contributed by atoms with Crippen LogP contribution in [0.5, 0.6) is 5.88 Å². The normalized spacial score (nSPS) is 17.9. The molecular weight excluding hydrogens is 430 g/mol. The predicted octanol–water partition coefficient (Wildman–Crippen LogP) is 3.69. The Morgan fingerprint density at radius 3 is 2.97 bits per heavy atom. The molecule has 4 heterocycles. The molecule has 4 aromatic rings. The summed E-state index contributed by atoms with van der Waals surface area (Å²) >= 11 is 0. The molecule has 1 N–H and O–H groups in total. The third-order valence-electron chi connectivity index (χ3n) is 6.41. The molecular formula is C25H25N7O2. The fourth-order valence-corrected chi connectivity index (χ4v) is 4.40. The number of rotatable bonds is 7. The molecule has 0 unspecified atom stereocenters. The van der Waals surface area contributed by atoms with Crippen molar-refractivity contribution >= 4 is 39.3 Å². The zero-order valence-corrected chi connectivity index (χ0v) is 18.7. The van der Waals surface area contributed by atoms with Gasteiger partial charge in [-0.3, -0.25) is 9.48 Å². The number of nitrogens with zero attached hydrogens (tertiary/aromatic N) is 6. The molecule has 0 spiro atoms. The molecule has 1 aliphatic heterocycles. The first-order valence-corrected chi connectivity index (χ1v) is 11.6. The lowest BCUT2D eigenvalue weighted by Crippen LogP contribution is -2.29. The van der Waals surface area contributed by atoms with Crippen molar-refractivity contribution in [2.24, 2.45) is 5.92 Å². The molecule has 172 valence electrons. The summed E-state index contributed by atoms with van der Waals surface area (Å²) in [6.07, 6.45) is 8.01. The number of aromatic nitrogens is 5. The van der Waals surface area contributed by atoms with Crippen molar-refractivity contribution in [2.45, 2.75) is 31.9 Å². The summed E-state index contributed by atoms with van der Waals surface area (Å²) in [5.41, 5.74) is 3.39. The third kappa shape index (κ3) is 4.05. The van der Waals surface area contributed by atoms with E-state index in [1.807, 2.05) is 18.3 Å². The minimum atomic E-state index is -0.107. The number of anilines is 2. The molecule has 2 aliphatic rings. The highest BCUT2D eigenvalue weighted by Crippen LogP contribution is 2.32. The Balaban J connectivity index is 1.23. The van der Waals surface area contributed by atoms with Gasteiger partial charge in [0.15, 0.2) is 5.82 Å². The van der Waals surface area contributed by atoms with Crippen molar-refractivity contribution in [3.8, 4) is 5.88 Å². The number of carbonyl (C=O) groups is 1. The quantitative estimate of drug-likeness (QED) is 0.424. The van der Waals surface area contributed by atoms with Crippen LogP contribution in [0.15, 0.2) is 55.5 Å². The summed E-state index contributed by atoms with van der Waals surface area (Å²) in [4.78, 5) is 27.0. The molecule has 9 heteroatoms. The molecule has 34 heavy (non-hydrogen) atoms. The van der Waals surface area contributed by atoms with Gasteiger partial charge in [0, 0.05) is 36.7 Å². The molecule has 0 radical (unpaired) electrons. The fraction of sp³-hybridized carbons (Fsp3) is 0.320. The molecule has 3 aromatic heterocycles. The Morgan fingerprint density at radius 1 is 1.21 bits per heavy atom. The molecule has 2 fully saturated rings. The topological polar surface area (TPSA) is 98.1 Å². The van der Waals surface area contributed by atoms with Gasteiger partial charge in [0.25, 0.3) is 0 Å². The van der Waals surface area contributed by atoms with E-state index in [2.05, 4.69) is 48.8 Å². The number of hydrogen-bond donors (Lipinski definition) is 1. The number of amides is 1. The van der Waals surface area contributed by atoms with Crippen LogP contribution >= 0.6 is 0 Å². The van der Waals surface area contributed by atoms with Crippen molar-refractivity contribution in [3.05, 3.63) is 55.5 Å². The lowest BCUT2D eigenvalue weighted by Gasteiger charge is -2.15. The van der Waals surface area contributed by atoms with Crippen molar-refractivity contribution < 1.29 is 9.53 Å². The van der Waals surface area contributed by atoms with Gasteiger partial charge >= 0.3 is 0 Å². The van der Waals surface area contributed by atoms with Gasteiger partial charge in [-0.1, -0.05) is 6.58 Å². The first-order chi connectivity index (χ1) is 16.7. The average Bonchev–Trinajstić information content (AvgIpc) is 3.41. The lowest BCUT2D eigenvalue weighted by atomic mass is 10.2. The van der Waals surface area contributed by atoms with E-state index in [4.69, 9.17) is 4.74 Å². The first-order valence-electron chi connectivity index (χ1n) is 11.6. The Hall–Kier alpha value is -4.01. The van der Waals surface area contributed by atoms with Crippen LogP contribution in [0.3, 0.4) is 0 Å². The van der Waals surface area contributed by atoms with Crippen LogP contribution in [0.25, 0.3) is 21.9 Å². The van der Waals surface area contributed by atoms with Gasteiger partial charge in [-0.05, 0) is 49.1 Å². The van der Waals surface area contributed by atoms with Gasteiger partial charge in [0.1, 0.15) is 17.9 Å². The standard InChI is InChI=1S/C25H25N7O2/c1-2-23(33)31-10-9-19(14-31)34-22-8-6-20-24(30-22)25(27-15-26-20)29-18-5-7-21-17(11-18)12-28-32(21)13-16-3-4-16/h2,5-8,11-12,15-16,19H,1,3-4,9-10,13-14H2,(H,26,27,29)/t19-/m0/s1. The van der Waals surface area contributed by atoms with E-state index >= 15 is 0 Å². The molecule has 1 atom stereocenters. The number of benzene rings is 1.